The number of hydrogen-bond acceptors (Lipinski definition) is 3. The van der Waals surface area contributed by atoms with Crippen LogP contribution in [0.15, 0.2) is 84.9 Å². The van der Waals surface area contributed by atoms with Crippen LogP contribution in [0.2, 0.25) is 0 Å². The molecule has 0 spiro atoms. The molecule has 26 heavy (non-hydrogen) atoms. The highest BCUT2D eigenvalue weighted by Crippen LogP contribution is 2.47. The molecule has 0 amide bonds. The number of carbonyl (C=O) groups is 1. The fraction of sp³-hybridized carbons (Fsp3) is 0.0909. The zero-order valence-corrected chi connectivity index (χ0v) is 15.1. The zero-order valence-electron chi connectivity index (χ0n) is 14.2. The lowest BCUT2D eigenvalue weighted by Crippen LogP contribution is -2.21. The summed E-state index contributed by atoms with van der Waals surface area (Å²) >= 11 is 0. The highest BCUT2D eigenvalue weighted by molar-refractivity contribution is 7.78. The van der Waals surface area contributed by atoms with Gasteiger partial charge in [0.1, 0.15) is 13.4 Å². The van der Waals surface area contributed by atoms with E-state index >= 15 is 0 Å². The second-order valence-corrected chi connectivity index (χ2v) is 8.94. The highest BCUT2D eigenvalue weighted by atomic mass is 31.2. The predicted molar refractivity (Wildman–Crippen MR) is 105 cm³/mol. The molecule has 0 saturated carbocycles. The molecule has 4 heteroatoms. The number of rotatable bonds is 6. The minimum atomic E-state index is -3.00. The van der Waals surface area contributed by atoms with Crippen LogP contribution < -0.4 is 10.6 Å². The smallest absolute Gasteiger partial charge is 0.150 e. The Morgan fingerprint density at radius 2 is 1.46 bits per heavy atom. The molecular formula is C22H18NO2P. The third kappa shape index (κ3) is 3.67. The van der Waals surface area contributed by atoms with Gasteiger partial charge in [0.2, 0.25) is 0 Å². The van der Waals surface area contributed by atoms with Crippen LogP contribution in [0.1, 0.15) is 21.8 Å². The number of carbonyl (C=O) groups excluding carboxylic acids is 1. The molecule has 0 radical (unpaired) electrons. The van der Waals surface area contributed by atoms with Gasteiger partial charge >= 0.3 is 0 Å². The van der Waals surface area contributed by atoms with Gasteiger partial charge in [-0.1, -0.05) is 78.9 Å². The summed E-state index contributed by atoms with van der Waals surface area (Å²) in [6.07, 6.45) is 0.950. The maximum Gasteiger partial charge on any atom is 0.150 e. The van der Waals surface area contributed by atoms with Crippen LogP contribution in [-0.2, 0) is 4.57 Å². The van der Waals surface area contributed by atoms with Crippen LogP contribution >= 0.6 is 7.14 Å². The molecule has 3 aromatic carbocycles. The van der Waals surface area contributed by atoms with Gasteiger partial charge in [-0.3, -0.25) is 4.79 Å². The van der Waals surface area contributed by atoms with Crippen LogP contribution in [0.3, 0.4) is 0 Å². The summed E-state index contributed by atoms with van der Waals surface area (Å²) in [4.78, 5) is 11.1. The first-order valence-electron chi connectivity index (χ1n) is 8.32. The largest absolute Gasteiger partial charge is 0.314 e. The maximum atomic E-state index is 14.1. The van der Waals surface area contributed by atoms with Crippen molar-refractivity contribution in [1.29, 1.82) is 5.26 Å². The molecular weight excluding hydrogens is 341 g/mol. The molecule has 0 aromatic heterocycles. The predicted octanol–water partition coefficient (Wildman–Crippen LogP) is 4.12. The Morgan fingerprint density at radius 3 is 1.96 bits per heavy atom. The van der Waals surface area contributed by atoms with E-state index in [-0.39, 0.29) is 6.16 Å². The molecule has 128 valence electrons. The summed E-state index contributed by atoms with van der Waals surface area (Å²) in [6, 6.07) is 27.8. The van der Waals surface area contributed by atoms with Crippen LogP contribution in [0.5, 0.6) is 0 Å². The summed E-state index contributed by atoms with van der Waals surface area (Å²) in [5.41, 5.74) is 1.22. The molecule has 0 bridgehead atoms. The van der Waals surface area contributed by atoms with E-state index in [9.17, 15) is 14.6 Å². The maximum absolute atomic E-state index is 14.1. The Balaban J connectivity index is 2.07. The molecule has 1 atom stereocenters. The van der Waals surface area contributed by atoms with Crippen LogP contribution in [0.25, 0.3) is 0 Å². The first kappa shape index (κ1) is 17.9. The third-order valence-electron chi connectivity index (χ3n) is 4.39. The quantitative estimate of drug-likeness (QED) is 0.491. The zero-order chi connectivity index (χ0) is 18.4. The average molecular weight is 359 g/mol. The van der Waals surface area contributed by atoms with Gasteiger partial charge < -0.3 is 4.57 Å². The van der Waals surface area contributed by atoms with Crippen molar-refractivity contribution in [2.24, 2.45) is 0 Å². The van der Waals surface area contributed by atoms with E-state index in [0.717, 1.165) is 16.9 Å². The third-order valence-corrected chi connectivity index (χ3v) is 7.54. The SMILES string of the molecule is N#C[C@H](CP(=O)(c1ccccc1)c1ccccc1)c1cccc(C=O)c1. The van der Waals surface area contributed by atoms with Gasteiger partial charge in [0, 0.05) is 22.3 Å². The second kappa shape index (κ2) is 7.95. The number of benzene rings is 3. The van der Waals surface area contributed by atoms with Crippen molar-refractivity contribution < 1.29 is 9.36 Å². The molecule has 0 fully saturated rings. The lowest BCUT2D eigenvalue weighted by Gasteiger charge is -2.22. The van der Waals surface area contributed by atoms with Gasteiger partial charge in [0.15, 0.2) is 0 Å². The summed E-state index contributed by atoms with van der Waals surface area (Å²) < 4.78 is 14.1. The summed E-state index contributed by atoms with van der Waals surface area (Å²) in [5.74, 6) is -0.568. The van der Waals surface area contributed by atoms with Gasteiger partial charge in [0.25, 0.3) is 0 Å². The van der Waals surface area contributed by atoms with E-state index in [4.69, 9.17) is 0 Å². The Morgan fingerprint density at radius 1 is 0.885 bits per heavy atom. The van der Waals surface area contributed by atoms with E-state index in [1.165, 1.54) is 0 Å². The van der Waals surface area contributed by atoms with E-state index in [1.54, 1.807) is 24.3 Å². The van der Waals surface area contributed by atoms with Crippen LogP contribution in [0.4, 0.5) is 0 Å². The molecule has 0 aliphatic carbocycles. The molecule has 0 unspecified atom stereocenters. The van der Waals surface area contributed by atoms with Crippen molar-refractivity contribution in [3.63, 3.8) is 0 Å². The molecule has 0 N–H and O–H groups in total. The van der Waals surface area contributed by atoms with Gasteiger partial charge in [-0.25, -0.2) is 0 Å². The lowest BCUT2D eigenvalue weighted by molar-refractivity contribution is 0.112. The first-order chi connectivity index (χ1) is 12.7. The van der Waals surface area contributed by atoms with Crippen LogP contribution in [-0.4, -0.2) is 12.4 Å². The van der Waals surface area contributed by atoms with Crippen molar-refractivity contribution in [2.75, 3.05) is 6.16 Å². The van der Waals surface area contributed by atoms with E-state index in [0.29, 0.717) is 11.1 Å². The summed E-state index contributed by atoms with van der Waals surface area (Å²) in [5, 5.41) is 11.2. The second-order valence-electron chi connectivity index (χ2n) is 6.06. The molecule has 3 nitrogen and oxygen atoms in total. The molecule has 3 aromatic rings. The van der Waals surface area contributed by atoms with Crippen molar-refractivity contribution in [1.82, 2.24) is 0 Å². The molecule has 0 saturated heterocycles. The summed E-state index contributed by atoms with van der Waals surface area (Å²) in [6.45, 7) is 0. The van der Waals surface area contributed by atoms with Crippen molar-refractivity contribution >= 4 is 24.0 Å². The van der Waals surface area contributed by atoms with E-state index in [2.05, 4.69) is 6.07 Å². The standard InChI is InChI=1S/C22H18NO2P/c23-15-20(19-9-7-8-18(14-19)16-24)17-26(25,21-10-3-1-4-11-21)22-12-5-2-6-13-22/h1-14,16,20H,17H2/t20-/m1/s1. The minimum absolute atomic E-state index is 0.194. The van der Waals surface area contributed by atoms with Crippen molar-refractivity contribution in [2.45, 2.75) is 5.92 Å². The van der Waals surface area contributed by atoms with Gasteiger partial charge in [0.05, 0.1) is 12.0 Å². The van der Waals surface area contributed by atoms with E-state index < -0.39 is 13.1 Å². The molecule has 0 aliphatic heterocycles. The molecule has 0 aliphatic rings. The fourth-order valence-corrected chi connectivity index (χ4v) is 5.86. The Hall–Kier alpha value is -2.95. The highest BCUT2D eigenvalue weighted by Gasteiger charge is 2.31. The van der Waals surface area contributed by atoms with Crippen molar-refractivity contribution in [3.05, 3.63) is 96.1 Å². The molecule has 3 rings (SSSR count). The number of nitriles is 1. The topological polar surface area (TPSA) is 57.9 Å². The Kier molecular flexibility index (Phi) is 5.46. The van der Waals surface area contributed by atoms with E-state index in [1.807, 2.05) is 60.7 Å². The van der Waals surface area contributed by atoms with Crippen LogP contribution in [0, 0.1) is 11.3 Å². The minimum Gasteiger partial charge on any atom is -0.314 e. The van der Waals surface area contributed by atoms with Gasteiger partial charge in [-0.2, -0.15) is 5.26 Å². The number of nitrogens with zero attached hydrogens (tertiary/aromatic N) is 1. The monoisotopic (exact) mass is 359 g/mol. The summed E-state index contributed by atoms with van der Waals surface area (Å²) in [7, 11) is -3.00. The molecule has 0 heterocycles. The normalized spacial score (nSPS) is 12.1. The van der Waals surface area contributed by atoms with Gasteiger partial charge in [-0.15, -0.1) is 0 Å². The van der Waals surface area contributed by atoms with Crippen molar-refractivity contribution in [3.8, 4) is 6.07 Å². The number of hydrogen-bond donors (Lipinski definition) is 0. The lowest BCUT2D eigenvalue weighted by atomic mass is 10.0. The van der Waals surface area contributed by atoms with Gasteiger partial charge in [-0.05, 0) is 11.6 Å². The Labute approximate surface area is 153 Å². The fourth-order valence-electron chi connectivity index (χ4n) is 3.02. The number of aldehydes is 1. The first-order valence-corrected chi connectivity index (χ1v) is 10.2. The average Bonchev–Trinajstić information content (AvgIpc) is 2.73. The Bertz CT molecular complexity index is 934.